The molecule has 0 aliphatic heterocycles. The normalized spacial score (nSPS) is 12.0. The highest BCUT2D eigenvalue weighted by Gasteiger charge is 2.37. The molecule has 0 aliphatic rings. The van der Waals surface area contributed by atoms with Crippen LogP contribution in [0.25, 0.3) is 98.6 Å². The summed E-state index contributed by atoms with van der Waals surface area (Å²) in [4.78, 5) is 39.2. The molecule has 0 radical (unpaired) electrons. The van der Waals surface area contributed by atoms with Crippen molar-refractivity contribution < 1.29 is 83.4 Å². The minimum Gasteiger partial charge on any atom is -0.504 e. The Bertz CT molecular complexity index is 4590. The summed E-state index contributed by atoms with van der Waals surface area (Å²) >= 11 is 0. The summed E-state index contributed by atoms with van der Waals surface area (Å²) in [5.41, 5.74) is -6.20. The molecule has 408 valence electrons. The van der Waals surface area contributed by atoms with Crippen LogP contribution >= 0.6 is 0 Å². The molecule has 3 aromatic heterocycles. The quantitative estimate of drug-likeness (QED) is 0.0554. The molecule has 81 heavy (non-hydrogen) atoms. The Kier molecular flexibility index (Phi) is 13.4. The van der Waals surface area contributed by atoms with Gasteiger partial charge in [0.1, 0.15) is 35.5 Å². The van der Waals surface area contributed by atoms with Gasteiger partial charge in [-0.25, -0.2) is 0 Å². The molecule has 0 fully saturated rings. The van der Waals surface area contributed by atoms with Crippen LogP contribution in [0.5, 0.6) is 34.5 Å². The van der Waals surface area contributed by atoms with E-state index in [0.29, 0.717) is 10.8 Å². The summed E-state index contributed by atoms with van der Waals surface area (Å²) in [5, 5.41) is 60.6. The first kappa shape index (κ1) is 53.9. The molecule has 0 spiro atoms. The molecule has 12 aromatic rings. The maximum Gasteiger partial charge on any atom is 0.417 e. The highest BCUT2D eigenvalue weighted by Crippen LogP contribution is 2.43. The zero-order valence-corrected chi connectivity index (χ0v) is 40.6. The molecule has 6 N–H and O–H groups in total. The third-order valence-corrected chi connectivity index (χ3v) is 13.2. The van der Waals surface area contributed by atoms with Crippen molar-refractivity contribution in [3.63, 3.8) is 0 Å². The molecule has 0 atom stereocenters. The van der Waals surface area contributed by atoms with Crippen LogP contribution in [0.4, 0.5) is 39.5 Å². The van der Waals surface area contributed by atoms with Gasteiger partial charge in [-0.15, -0.1) is 0 Å². The fourth-order valence-corrected chi connectivity index (χ4v) is 9.43. The predicted molar refractivity (Wildman–Crippen MR) is 281 cm³/mol. The van der Waals surface area contributed by atoms with Gasteiger partial charge in [-0.3, -0.25) is 14.4 Å². The second kappa shape index (κ2) is 20.1. The Hall–Kier alpha value is -10.4. The van der Waals surface area contributed by atoms with Gasteiger partial charge in [0.2, 0.25) is 16.3 Å². The number of aromatic hydroxyl groups is 6. The number of hydrogen-bond donors (Lipinski definition) is 6. The van der Waals surface area contributed by atoms with E-state index in [1.54, 1.807) is 12.1 Å². The first-order valence-electron chi connectivity index (χ1n) is 23.5. The lowest BCUT2D eigenvalue weighted by atomic mass is 9.97. The lowest BCUT2D eigenvalue weighted by molar-refractivity contribution is -0.137. The molecule has 0 saturated carbocycles. The largest absolute Gasteiger partial charge is 0.504 e. The van der Waals surface area contributed by atoms with Crippen molar-refractivity contribution in [1.82, 2.24) is 0 Å². The second-order valence-corrected chi connectivity index (χ2v) is 18.0. The van der Waals surface area contributed by atoms with E-state index in [-0.39, 0.29) is 99.3 Å². The van der Waals surface area contributed by atoms with E-state index in [9.17, 15) is 84.5 Å². The minimum atomic E-state index is -4.66. The SMILES string of the molecule is O=c1c(-c2ccccc2C(F)(F)F)coc2ccc3c(O)c(O)ccc3c12.O=c1c(-c2ccccc2C(F)(F)F)coc2ccc3cc(O)c(O)cc3c12.O=c1c(-c2ccccc2C(F)(F)F)coc2ccc3ccc(O)c(O)c3c12. The lowest BCUT2D eigenvalue weighted by Gasteiger charge is -2.13. The van der Waals surface area contributed by atoms with E-state index in [1.807, 2.05) is 0 Å². The fraction of sp³-hybridized carbons (Fsp3) is 0.0500. The number of phenolic OH excluding ortho intramolecular Hbond substituents is 6. The van der Waals surface area contributed by atoms with Crippen molar-refractivity contribution in [1.29, 1.82) is 0 Å². The average Bonchev–Trinajstić information content (AvgIpc) is 3.62. The number of phenols is 6. The molecule has 3 heterocycles. The Morgan fingerprint density at radius 2 is 0.667 bits per heavy atom. The van der Waals surface area contributed by atoms with Crippen LogP contribution in [0.2, 0.25) is 0 Å². The Morgan fingerprint density at radius 3 is 1.15 bits per heavy atom. The smallest absolute Gasteiger partial charge is 0.417 e. The first-order valence-corrected chi connectivity index (χ1v) is 23.5. The summed E-state index contributed by atoms with van der Waals surface area (Å²) in [6, 6.07) is 30.9. The van der Waals surface area contributed by atoms with Crippen molar-refractivity contribution in [3.05, 3.63) is 212 Å². The van der Waals surface area contributed by atoms with Gasteiger partial charge >= 0.3 is 18.5 Å². The van der Waals surface area contributed by atoms with Gasteiger partial charge in [0.15, 0.2) is 34.5 Å². The third-order valence-electron chi connectivity index (χ3n) is 13.2. The van der Waals surface area contributed by atoms with Crippen molar-refractivity contribution >= 4 is 65.2 Å². The molecule has 0 amide bonds. The van der Waals surface area contributed by atoms with Crippen LogP contribution in [-0.4, -0.2) is 30.6 Å². The van der Waals surface area contributed by atoms with Gasteiger partial charge in [0.25, 0.3) is 0 Å². The molecule has 12 nitrogen and oxygen atoms in total. The van der Waals surface area contributed by atoms with E-state index < -0.39 is 74.5 Å². The number of benzene rings is 9. The summed E-state index contributed by atoms with van der Waals surface area (Å²) in [7, 11) is 0. The zero-order valence-electron chi connectivity index (χ0n) is 40.6. The van der Waals surface area contributed by atoms with E-state index in [2.05, 4.69) is 0 Å². The maximum absolute atomic E-state index is 13.3. The predicted octanol–water partition coefficient (Wildman–Crippen LogP) is 15.1. The van der Waals surface area contributed by atoms with Crippen molar-refractivity contribution in [3.8, 4) is 67.9 Å². The molecule has 0 saturated heterocycles. The topological polar surface area (TPSA) is 212 Å². The molecule has 0 unspecified atom stereocenters. The monoisotopic (exact) mass is 1120 g/mol. The first-order chi connectivity index (χ1) is 38.3. The van der Waals surface area contributed by atoms with Gasteiger partial charge in [-0.2, -0.15) is 39.5 Å². The molecule has 21 heteroatoms. The minimum absolute atomic E-state index is 0.0209. The standard InChI is InChI=1S/3C20H11F3O4/c21-20(22,23)13-4-2-1-3-11(13)12-9-27-15-8-6-10-5-7-14(24)19(26)16(10)17(15)18(12)25;21-20(22,23)14-4-2-1-3-10(14)13-9-27-16-8-6-12-11(17(16)19(13)26)5-7-15(24)18(12)25;21-20(22,23)14-4-2-1-3-11(14)13-9-27-17-6-5-10-7-15(24)16(25)8-12(10)18(17)19(13)26/h1-9,24,26H;2*1-9,24-25H. The van der Waals surface area contributed by atoms with E-state index in [0.717, 1.165) is 37.0 Å². The molecule has 9 aromatic carbocycles. The molecular formula is C60H33F9O12. The number of rotatable bonds is 3. The Labute approximate surface area is 445 Å². The Morgan fingerprint density at radius 1 is 0.309 bits per heavy atom. The van der Waals surface area contributed by atoms with Gasteiger partial charge in [0.05, 0.1) is 49.5 Å². The van der Waals surface area contributed by atoms with E-state index >= 15 is 0 Å². The van der Waals surface area contributed by atoms with Gasteiger partial charge < -0.3 is 43.9 Å². The molecule has 0 bridgehead atoms. The van der Waals surface area contributed by atoms with Crippen LogP contribution in [0.1, 0.15) is 16.7 Å². The van der Waals surface area contributed by atoms with Crippen LogP contribution < -0.4 is 16.3 Å². The average molecular weight is 1120 g/mol. The van der Waals surface area contributed by atoms with Crippen LogP contribution in [0.15, 0.2) is 192 Å². The van der Waals surface area contributed by atoms with Crippen LogP contribution in [0.3, 0.4) is 0 Å². The van der Waals surface area contributed by atoms with Crippen LogP contribution in [-0.2, 0) is 18.5 Å². The Balaban J connectivity index is 0.000000136. The molecule has 0 aliphatic carbocycles. The number of halogens is 9. The number of hydrogen-bond acceptors (Lipinski definition) is 12. The lowest BCUT2D eigenvalue weighted by Crippen LogP contribution is -2.11. The number of alkyl halides is 9. The second-order valence-electron chi connectivity index (χ2n) is 18.0. The fourth-order valence-electron chi connectivity index (χ4n) is 9.43. The van der Waals surface area contributed by atoms with Crippen LogP contribution in [0, 0.1) is 0 Å². The van der Waals surface area contributed by atoms with Gasteiger partial charge in [-0.05, 0) is 83.6 Å². The summed E-state index contributed by atoms with van der Waals surface area (Å²) in [5.74, 6) is -2.60. The van der Waals surface area contributed by atoms with Gasteiger partial charge in [-0.1, -0.05) is 72.8 Å². The maximum atomic E-state index is 13.3. The zero-order chi connectivity index (χ0) is 58.0. The highest BCUT2D eigenvalue weighted by molar-refractivity contribution is 6.11. The van der Waals surface area contributed by atoms with E-state index in [1.165, 1.54) is 115 Å². The summed E-state index contributed by atoms with van der Waals surface area (Å²) < 4.78 is 136. The summed E-state index contributed by atoms with van der Waals surface area (Å²) in [6.45, 7) is 0. The van der Waals surface area contributed by atoms with Crippen molar-refractivity contribution in [2.24, 2.45) is 0 Å². The highest BCUT2D eigenvalue weighted by atomic mass is 19.4. The van der Waals surface area contributed by atoms with Gasteiger partial charge in [0, 0.05) is 38.2 Å². The number of fused-ring (bicyclic) bond motifs is 9. The van der Waals surface area contributed by atoms with Crippen molar-refractivity contribution in [2.45, 2.75) is 18.5 Å². The van der Waals surface area contributed by atoms with Crippen molar-refractivity contribution in [2.75, 3.05) is 0 Å². The van der Waals surface area contributed by atoms with E-state index in [4.69, 9.17) is 13.3 Å². The third kappa shape index (κ3) is 9.74. The molecule has 12 rings (SSSR count). The summed E-state index contributed by atoms with van der Waals surface area (Å²) in [6.07, 6.45) is -11.0. The molecular weight excluding hydrogens is 1080 g/mol.